The maximum atomic E-state index is 5.72. The van der Waals surface area contributed by atoms with Crippen LogP contribution in [0.25, 0.3) is 0 Å². The monoisotopic (exact) mass is 215 g/mol. The summed E-state index contributed by atoms with van der Waals surface area (Å²) in [6, 6.07) is 0.494. The molecule has 0 amide bonds. The van der Waals surface area contributed by atoms with Crippen LogP contribution in [0.1, 0.15) is 19.8 Å². The molecule has 0 saturated carbocycles. The Kier molecular flexibility index (Phi) is 6.92. The van der Waals surface area contributed by atoms with Gasteiger partial charge >= 0.3 is 0 Å². The second kappa shape index (κ2) is 8.05. The third-order valence-corrected chi connectivity index (χ3v) is 2.91. The van der Waals surface area contributed by atoms with Crippen LogP contribution >= 0.6 is 0 Å². The van der Waals surface area contributed by atoms with E-state index in [4.69, 9.17) is 10.5 Å². The predicted molar refractivity (Wildman–Crippen MR) is 63.0 cm³/mol. The Morgan fingerprint density at radius 2 is 2.33 bits per heavy atom. The van der Waals surface area contributed by atoms with Crippen molar-refractivity contribution in [1.29, 1.82) is 0 Å². The molecule has 1 aliphatic rings. The Morgan fingerprint density at radius 3 is 3.07 bits per heavy atom. The van der Waals surface area contributed by atoms with Crippen molar-refractivity contribution in [2.75, 3.05) is 45.9 Å². The van der Waals surface area contributed by atoms with Crippen LogP contribution < -0.4 is 11.1 Å². The molecule has 0 radical (unpaired) electrons. The molecule has 1 rings (SSSR count). The maximum Gasteiger partial charge on any atom is 0.0593 e. The van der Waals surface area contributed by atoms with Gasteiger partial charge in [0.05, 0.1) is 6.61 Å². The summed E-state index contributed by atoms with van der Waals surface area (Å²) in [5, 5.41) is 3.36. The van der Waals surface area contributed by atoms with Crippen molar-refractivity contribution in [2.45, 2.75) is 25.8 Å². The molecule has 0 bridgehead atoms. The Balaban J connectivity index is 2.07. The number of hydrogen-bond acceptors (Lipinski definition) is 4. The van der Waals surface area contributed by atoms with Crippen LogP contribution in [0.2, 0.25) is 0 Å². The SMILES string of the molecule is CCCCOCCN1CCNCC1CN. The fourth-order valence-corrected chi connectivity index (χ4v) is 1.86. The summed E-state index contributed by atoms with van der Waals surface area (Å²) < 4.78 is 5.57. The van der Waals surface area contributed by atoms with Crippen molar-refractivity contribution in [3.8, 4) is 0 Å². The van der Waals surface area contributed by atoms with Gasteiger partial charge in [-0.15, -0.1) is 0 Å². The fourth-order valence-electron chi connectivity index (χ4n) is 1.86. The van der Waals surface area contributed by atoms with E-state index in [1.807, 2.05) is 0 Å². The highest BCUT2D eigenvalue weighted by atomic mass is 16.5. The minimum Gasteiger partial charge on any atom is -0.380 e. The first-order valence-corrected chi connectivity index (χ1v) is 6.11. The van der Waals surface area contributed by atoms with Crippen LogP contribution in [0.3, 0.4) is 0 Å². The summed E-state index contributed by atoms with van der Waals surface area (Å²) in [7, 11) is 0. The van der Waals surface area contributed by atoms with E-state index in [1.165, 1.54) is 12.8 Å². The summed E-state index contributed by atoms with van der Waals surface area (Å²) in [5.74, 6) is 0. The molecule has 4 nitrogen and oxygen atoms in total. The molecule has 0 aliphatic carbocycles. The van der Waals surface area contributed by atoms with Gasteiger partial charge in [0.25, 0.3) is 0 Å². The lowest BCUT2D eigenvalue weighted by molar-refractivity contribution is 0.0774. The lowest BCUT2D eigenvalue weighted by Gasteiger charge is -2.35. The molecule has 0 aromatic heterocycles. The average Bonchev–Trinajstić information content (AvgIpc) is 2.29. The Bertz CT molecular complexity index is 155. The van der Waals surface area contributed by atoms with Gasteiger partial charge in [0.15, 0.2) is 0 Å². The van der Waals surface area contributed by atoms with E-state index in [1.54, 1.807) is 0 Å². The molecule has 1 unspecified atom stereocenters. The average molecular weight is 215 g/mol. The molecule has 90 valence electrons. The zero-order chi connectivity index (χ0) is 10.9. The number of piperazine rings is 1. The Hall–Kier alpha value is -0.160. The molecule has 0 spiro atoms. The first kappa shape index (κ1) is 12.9. The van der Waals surface area contributed by atoms with Crippen molar-refractivity contribution in [2.24, 2.45) is 5.73 Å². The molecule has 1 aliphatic heterocycles. The Morgan fingerprint density at radius 1 is 1.47 bits per heavy atom. The summed E-state index contributed by atoms with van der Waals surface area (Å²) in [4.78, 5) is 2.43. The van der Waals surface area contributed by atoms with E-state index in [-0.39, 0.29) is 0 Å². The fraction of sp³-hybridized carbons (Fsp3) is 1.00. The van der Waals surface area contributed by atoms with Crippen molar-refractivity contribution in [3.63, 3.8) is 0 Å². The van der Waals surface area contributed by atoms with Gasteiger partial charge in [0, 0.05) is 45.4 Å². The second-order valence-corrected chi connectivity index (χ2v) is 4.10. The number of unbranched alkanes of at least 4 members (excludes halogenated alkanes) is 1. The summed E-state index contributed by atoms with van der Waals surface area (Å²) in [6.45, 7) is 8.88. The van der Waals surface area contributed by atoms with Crippen molar-refractivity contribution >= 4 is 0 Å². The van der Waals surface area contributed by atoms with Gasteiger partial charge in [-0.3, -0.25) is 4.90 Å². The van der Waals surface area contributed by atoms with Gasteiger partial charge in [-0.25, -0.2) is 0 Å². The number of nitrogens with two attached hydrogens (primary N) is 1. The quantitative estimate of drug-likeness (QED) is 0.589. The lowest BCUT2D eigenvalue weighted by atomic mass is 10.2. The highest BCUT2D eigenvalue weighted by Gasteiger charge is 2.19. The third kappa shape index (κ3) is 4.93. The van der Waals surface area contributed by atoms with E-state index >= 15 is 0 Å². The van der Waals surface area contributed by atoms with E-state index in [0.717, 1.165) is 45.9 Å². The van der Waals surface area contributed by atoms with Crippen LogP contribution in [0.15, 0.2) is 0 Å². The van der Waals surface area contributed by atoms with Crippen molar-refractivity contribution in [3.05, 3.63) is 0 Å². The smallest absolute Gasteiger partial charge is 0.0593 e. The number of rotatable bonds is 7. The number of hydrogen-bond donors (Lipinski definition) is 2. The molecule has 1 heterocycles. The van der Waals surface area contributed by atoms with Crippen LogP contribution in [0, 0.1) is 0 Å². The lowest BCUT2D eigenvalue weighted by Crippen LogP contribution is -2.55. The molecule has 0 aromatic carbocycles. The van der Waals surface area contributed by atoms with Crippen LogP contribution in [-0.2, 0) is 4.74 Å². The van der Waals surface area contributed by atoms with Gasteiger partial charge < -0.3 is 15.8 Å². The molecular weight excluding hydrogens is 190 g/mol. The number of nitrogens with zero attached hydrogens (tertiary/aromatic N) is 1. The molecular formula is C11H25N3O. The largest absolute Gasteiger partial charge is 0.380 e. The van der Waals surface area contributed by atoms with Gasteiger partial charge in [0.1, 0.15) is 0 Å². The van der Waals surface area contributed by atoms with Gasteiger partial charge in [-0.2, -0.15) is 0 Å². The zero-order valence-corrected chi connectivity index (χ0v) is 9.87. The third-order valence-electron chi connectivity index (χ3n) is 2.91. The molecule has 4 heteroatoms. The summed E-state index contributed by atoms with van der Waals surface area (Å²) in [5.41, 5.74) is 5.72. The molecule has 1 atom stereocenters. The zero-order valence-electron chi connectivity index (χ0n) is 9.87. The van der Waals surface area contributed by atoms with Gasteiger partial charge in [0.2, 0.25) is 0 Å². The first-order chi connectivity index (χ1) is 7.38. The first-order valence-electron chi connectivity index (χ1n) is 6.11. The summed E-state index contributed by atoms with van der Waals surface area (Å²) in [6.07, 6.45) is 2.38. The van der Waals surface area contributed by atoms with Crippen LogP contribution in [0.5, 0.6) is 0 Å². The normalized spacial score (nSPS) is 23.2. The summed E-state index contributed by atoms with van der Waals surface area (Å²) >= 11 is 0. The highest BCUT2D eigenvalue weighted by molar-refractivity contribution is 4.79. The van der Waals surface area contributed by atoms with Crippen molar-refractivity contribution in [1.82, 2.24) is 10.2 Å². The van der Waals surface area contributed by atoms with Crippen LogP contribution in [-0.4, -0.2) is 56.9 Å². The molecule has 1 fully saturated rings. The van der Waals surface area contributed by atoms with E-state index < -0.39 is 0 Å². The number of nitrogens with one attached hydrogen (secondary N) is 1. The molecule has 0 aromatic rings. The minimum absolute atomic E-state index is 0.494. The van der Waals surface area contributed by atoms with Crippen molar-refractivity contribution < 1.29 is 4.74 Å². The molecule has 15 heavy (non-hydrogen) atoms. The van der Waals surface area contributed by atoms with Gasteiger partial charge in [-0.1, -0.05) is 13.3 Å². The van der Waals surface area contributed by atoms with E-state index in [0.29, 0.717) is 6.04 Å². The predicted octanol–water partition coefficient (Wildman–Crippen LogP) is 0.0356. The van der Waals surface area contributed by atoms with E-state index in [2.05, 4.69) is 17.1 Å². The minimum atomic E-state index is 0.494. The molecule has 3 N–H and O–H groups in total. The van der Waals surface area contributed by atoms with Gasteiger partial charge in [-0.05, 0) is 6.42 Å². The van der Waals surface area contributed by atoms with Crippen LogP contribution in [0.4, 0.5) is 0 Å². The second-order valence-electron chi connectivity index (χ2n) is 4.10. The van der Waals surface area contributed by atoms with E-state index in [9.17, 15) is 0 Å². The maximum absolute atomic E-state index is 5.72. The topological polar surface area (TPSA) is 50.5 Å². The highest BCUT2D eigenvalue weighted by Crippen LogP contribution is 2.01. The Labute approximate surface area is 93.1 Å². The molecule has 1 saturated heterocycles. The standard InChI is InChI=1S/C11H25N3O/c1-2-3-7-15-8-6-14-5-4-13-10-11(14)9-12/h11,13H,2-10,12H2,1H3. The number of ether oxygens (including phenoxy) is 1.